The van der Waals surface area contributed by atoms with Gasteiger partial charge in [-0.15, -0.1) is 5.10 Å². The van der Waals surface area contributed by atoms with Crippen LogP contribution in [0.3, 0.4) is 0 Å². The molecular formula is C24H25N5O3. The van der Waals surface area contributed by atoms with E-state index in [4.69, 9.17) is 9.26 Å². The van der Waals surface area contributed by atoms with Gasteiger partial charge in [0.2, 0.25) is 5.95 Å². The number of hydrogen-bond acceptors (Lipinski definition) is 6. The molecule has 32 heavy (non-hydrogen) atoms. The molecule has 0 spiro atoms. The van der Waals surface area contributed by atoms with Gasteiger partial charge in [0.05, 0.1) is 12.1 Å². The SMILES string of the molecule is Cc1cc(C)cc(OCc2c(C(=O)Nc3ncn(Cc4ccccc4C)n3)noc2C)c1. The molecule has 0 radical (unpaired) electrons. The van der Waals surface area contributed by atoms with Crippen molar-refractivity contribution in [1.82, 2.24) is 19.9 Å². The third-order valence-corrected chi connectivity index (χ3v) is 5.13. The van der Waals surface area contributed by atoms with E-state index in [0.29, 0.717) is 17.9 Å². The van der Waals surface area contributed by atoms with Gasteiger partial charge in [0.1, 0.15) is 24.4 Å². The van der Waals surface area contributed by atoms with Crippen LogP contribution >= 0.6 is 0 Å². The standard InChI is InChI=1S/C24H25N5O3/c1-15-9-16(2)11-20(10-15)31-13-21-18(4)32-28-22(21)23(30)26-24-25-14-29(27-24)12-19-8-6-5-7-17(19)3/h5-11,14H,12-13H2,1-4H3,(H,26,27,30). The number of nitrogens with one attached hydrogen (secondary N) is 1. The molecule has 4 rings (SSSR count). The van der Waals surface area contributed by atoms with Crippen LogP contribution in [-0.2, 0) is 13.2 Å². The lowest BCUT2D eigenvalue weighted by Crippen LogP contribution is -2.16. The minimum absolute atomic E-state index is 0.155. The van der Waals surface area contributed by atoms with Gasteiger partial charge in [0.25, 0.3) is 5.91 Å². The summed E-state index contributed by atoms with van der Waals surface area (Å²) in [6.45, 7) is 8.54. The lowest BCUT2D eigenvalue weighted by Gasteiger charge is -2.08. The van der Waals surface area contributed by atoms with E-state index in [2.05, 4.69) is 26.6 Å². The Morgan fingerprint density at radius 1 is 1.09 bits per heavy atom. The molecule has 8 nitrogen and oxygen atoms in total. The first-order valence-electron chi connectivity index (χ1n) is 10.3. The topological polar surface area (TPSA) is 95.1 Å². The zero-order valence-electron chi connectivity index (χ0n) is 18.5. The largest absolute Gasteiger partial charge is 0.489 e. The van der Waals surface area contributed by atoms with Crippen LogP contribution in [0.4, 0.5) is 5.95 Å². The first kappa shape index (κ1) is 21.3. The lowest BCUT2D eigenvalue weighted by molar-refractivity contribution is 0.101. The molecule has 0 aliphatic heterocycles. The second-order valence-electron chi connectivity index (χ2n) is 7.82. The second kappa shape index (κ2) is 9.05. The van der Waals surface area contributed by atoms with Crippen molar-refractivity contribution in [3.05, 3.63) is 88.1 Å². The molecule has 1 N–H and O–H groups in total. The molecular weight excluding hydrogens is 406 g/mol. The summed E-state index contributed by atoms with van der Waals surface area (Å²) in [6.07, 6.45) is 1.58. The van der Waals surface area contributed by atoms with Crippen LogP contribution in [-0.4, -0.2) is 25.8 Å². The molecule has 8 heteroatoms. The maximum absolute atomic E-state index is 12.8. The number of ether oxygens (including phenoxy) is 1. The predicted molar refractivity (Wildman–Crippen MR) is 120 cm³/mol. The molecule has 0 atom stereocenters. The predicted octanol–water partition coefficient (Wildman–Crippen LogP) is 4.38. The van der Waals surface area contributed by atoms with Crippen molar-refractivity contribution in [3.63, 3.8) is 0 Å². The van der Waals surface area contributed by atoms with Gasteiger partial charge in [-0.3, -0.25) is 10.1 Å². The van der Waals surface area contributed by atoms with Crippen LogP contribution in [0.25, 0.3) is 0 Å². The van der Waals surface area contributed by atoms with Gasteiger partial charge in [0.15, 0.2) is 5.69 Å². The Bertz CT molecular complexity index is 1240. The number of carbonyl (C=O) groups excluding carboxylic acids is 1. The quantitative estimate of drug-likeness (QED) is 0.467. The summed E-state index contributed by atoms with van der Waals surface area (Å²) in [7, 11) is 0. The molecule has 2 aromatic carbocycles. The van der Waals surface area contributed by atoms with Gasteiger partial charge in [-0.05, 0) is 62.1 Å². The van der Waals surface area contributed by atoms with E-state index in [1.165, 1.54) is 5.56 Å². The molecule has 0 bridgehead atoms. The molecule has 0 aliphatic rings. The van der Waals surface area contributed by atoms with Gasteiger partial charge >= 0.3 is 0 Å². The Kier molecular flexibility index (Phi) is 6.02. The molecule has 0 aliphatic carbocycles. The average molecular weight is 431 g/mol. The van der Waals surface area contributed by atoms with E-state index >= 15 is 0 Å². The Hall–Kier alpha value is -3.94. The Morgan fingerprint density at radius 3 is 2.59 bits per heavy atom. The van der Waals surface area contributed by atoms with E-state index < -0.39 is 5.91 Å². The van der Waals surface area contributed by atoms with Crippen molar-refractivity contribution in [1.29, 1.82) is 0 Å². The van der Waals surface area contributed by atoms with Gasteiger partial charge in [-0.2, -0.15) is 0 Å². The normalized spacial score (nSPS) is 10.9. The minimum Gasteiger partial charge on any atom is -0.489 e. The van der Waals surface area contributed by atoms with E-state index in [9.17, 15) is 4.79 Å². The number of rotatable bonds is 7. The molecule has 0 saturated carbocycles. The minimum atomic E-state index is -0.450. The van der Waals surface area contributed by atoms with Gasteiger partial charge in [-0.25, -0.2) is 9.67 Å². The highest BCUT2D eigenvalue weighted by Gasteiger charge is 2.21. The first-order chi connectivity index (χ1) is 15.4. The number of benzene rings is 2. The fourth-order valence-corrected chi connectivity index (χ4v) is 3.46. The smallest absolute Gasteiger partial charge is 0.280 e. The first-order valence-corrected chi connectivity index (χ1v) is 10.3. The zero-order chi connectivity index (χ0) is 22.7. The van der Waals surface area contributed by atoms with Gasteiger partial charge in [0, 0.05) is 0 Å². The summed E-state index contributed by atoms with van der Waals surface area (Å²) >= 11 is 0. The number of anilines is 1. The van der Waals surface area contributed by atoms with Crippen molar-refractivity contribution in [2.75, 3.05) is 5.32 Å². The lowest BCUT2D eigenvalue weighted by atomic mass is 10.1. The highest BCUT2D eigenvalue weighted by atomic mass is 16.5. The van der Waals surface area contributed by atoms with E-state index in [0.717, 1.165) is 22.4 Å². The molecule has 1 amide bonds. The van der Waals surface area contributed by atoms with Crippen molar-refractivity contribution in [2.24, 2.45) is 0 Å². The Balaban J connectivity index is 1.44. The fraction of sp³-hybridized carbons (Fsp3) is 0.250. The number of carbonyl (C=O) groups is 1. The third-order valence-electron chi connectivity index (χ3n) is 5.13. The second-order valence-corrected chi connectivity index (χ2v) is 7.82. The monoisotopic (exact) mass is 431 g/mol. The fourth-order valence-electron chi connectivity index (χ4n) is 3.46. The van der Waals surface area contributed by atoms with Gasteiger partial charge in [-0.1, -0.05) is 35.5 Å². The highest BCUT2D eigenvalue weighted by molar-refractivity contribution is 6.02. The Labute approximate surface area is 186 Å². The number of aromatic nitrogens is 4. The van der Waals surface area contributed by atoms with Crippen molar-refractivity contribution < 1.29 is 14.1 Å². The number of nitrogens with zero attached hydrogens (tertiary/aromatic N) is 4. The van der Waals surface area contributed by atoms with Crippen LogP contribution in [0, 0.1) is 27.7 Å². The van der Waals surface area contributed by atoms with Crippen molar-refractivity contribution in [3.8, 4) is 5.75 Å². The Morgan fingerprint density at radius 2 is 1.84 bits per heavy atom. The van der Waals surface area contributed by atoms with Crippen molar-refractivity contribution >= 4 is 11.9 Å². The average Bonchev–Trinajstić information content (AvgIpc) is 3.33. The summed E-state index contributed by atoms with van der Waals surface area (Å²) in [4.78, 5) is 17.0. The molecule has 2 heterocycles. The molecule has 4 aromatic rings. The van der Waals surface area contributed by atoms with Crippen LogP contribution in [0.5, 0.6) is 5.75 Å². The highest BCUT2D eigenvalue weighted by Crippen LogP contribution is 2.21. The van der Waals surface area contributed by atoms with E-state index in [-0.39, 0.29) is 18.2 Å². The summed E-state index contributed by atoms with van der Waals surface area (Å²) in [5, 5.41) is 11.0. The molecule has 0 saturated heterocycles. The maximum Gasteiger partial charge on any atom is 0.280 e. The summed E-state index contributed by atoms with van der Waals surface area (Å²) in [6, 6.07) is 14.0. The third kappa shape index (κ3) is 4.85. The summed E-state index contributed by atoms with van der Waals surface area (Å²) < 4.78 is 12.8. The molecule has 0 fully saturated rings. The van der Waals surface area contributed by atoms with E-state index in [1.54, 1.807) is 17.9 Å². The number of aryl methyl sites for hydroxylation is 4. The number of amides is 1. The zero-order valence-corrected chi connectivity index (χ0v) is 18.5. The molecule has 2 aromatic heterocycles. The van der Waals surface area contributed by atoms with Gasteiger partial charge < -0.3 is 9.26 Å². The van der Waals surface area contributed by atoms with Crippen LogP contribution in [0.1, 0.15) is 44.1 Å². The van der Waals surface area contributed by atoms with Crippen LogP contribution in [0.15, 0.2) is 53.3 Å². The van der Waals surface area contributed by atoms with E-state index in [1.807, 2.05) is 57.2 Å². The van der Waals surface area contributed by atoms with Crippen LogP contribution in [0.2, 0.25) is 0 Å². The van der Waals surface area contributed by atoms with Crippen LogP contribution < -0.4 is 10.1 Å². The molecule has 164 valence electrons. The maximum atomic E-state index is 12.8. The summed E-state index contributed by atoms with van der Waals surface area (Å²) in [5.74, 6) is 1.00. The number of hydrogen-bond donors (Lipinski definition) is 1. The summed E-state index contributed by atoms with van der Waals surface area (Å²) in [5.41, 5.74) is 5.25. The molecule has 0 unspecified atom stereocenters. The van der Waals surface area contributed by atoms with Crippen molar-refractivity contribution in [2.45, 2.75) is 40.8 Å².